The van der Waals surface area contributed by atoms with Crippen molar-refractivity contribution in [1.82, 2.24) is 0 Å². The number of hydrogen-bond acceptors (Lipinski definition) is 0. The van der Waals surface area contributed by atoms with Crippen LogP contribution >= 0.6 is 0 Å². The molecule has 0 nitrogen and oxygen atoms in total. The quantitative estimate of drug-likeness (QED) is 0.646. The Hall–Kier alpha value is -2.08. The van der Waals surface area contributed by atoms with Gasteiger partial charge < -0.3 is 0 Å². The number of allylic oxidation sites excluding steroid dienone is 2. The van der Waals surface area contributed by atoms with Crippen molar-refractivity contribution in [2.75, 3.05) is 0 Å². The minimum absolute atomic E-state index is 0.234. The third-order valence-electron chi connectivity index (χ3n) is 3.97. The van der Waals surface area contributed by atoms with Crippen LogP contribution in [0.4, 0.5) is 0 Å². The summed E-state index contributed by atoms with van der Waals surface area (Å²) in [5.41, 5.74) is 2.30. The topological polar surface area (TPSA) is 0 Å². The zero-order chi connectivity index (χ0) is 13.7. The Kier molecular flexibility index (Phi) is 4.01. The summed E-state index contributed by atoms with van der Waals surface area (Å²) in [7, 11) is 0. The lowest BCUT2D eigenvalue weighted by Crippen LogP contribution is -2.27. The summed E-state index contributed by atoms with van der Waals surface area (Å²) < 4.78 is 0. The van der Waals surface area contributed by atoms with E-state index in [0.29, 0.717) is 5.92 Å². The molecule has 0 aromatic heterocycles. The Morgan fingerprint density at radius 3 is 1.79 bits per heavy atom. The Morgan fingerprint density at radius 2 is 1.32 bits per heavy atom. The highest BCUT2D eigenvalue weighted by molar-refractivity contribution is 5.42. The maximum atomic E-state index is 4.06. The molecule has 1 atom stereocenters. The van der Waals surface area contributed by atoms with Crippen molar-refractivity contribution in [3.05, 3.63) is 97.1 Å². The van der Waals surface area contributed by atoms with Gasteiger partial charge in [0, 0.05) is 5.41 Å². The first-order valence-corrected chi connectivity index (χ1v) is 6.62. The molecule has 0 saturated carbocycles. The van der Waals surface area contributed by atoms with Gasteiger partial charge in [-0.05, 0) is 17.0 Å². The molecule has 0 N–H and O–H groups in total. The molecule has 0 amide bonds. The monoisotopic (exact) mass is 248 g/mol. The van der Waals surface area contributed by atoms with Gasteiger partial charge in [0.2, 0.25) is 0 Å². The van der Waals surface area contributed by atoms with Crippen LogP contribution in [0.25, 0.3) is 0 Å². The lowest BCUT2D eigenvalue weighted by atomic mass is 9.68. The summed E-state index contributed by atoms with van der Waals surface area (Å²) in [4.78, 5) is 0. The van der Waals surface area contributed by atoms with Crippen molar-refractivity contribution >= 4 is 0 Å². The largest absolute Gasteiger partial charge is 0.102 e. The van der Waals surface area contributed by atoms with Gasteiger partial charge in [0.15, 0.2) is 0 Å². The van der Waals surface area contributed by atoms with Crippen LogP contribution in [0.2, 0.25) is 0 Å². The van der Waals surface area contributed by atoms with E-state index < -0.39 is 0 Å². The molecule has 0 aliphatic rings. The molecule has 0 spiro atoms. The van der Waals surface area contributed by atoms with E-state index in [9.17, 15) is 0 Å². The van der Waals surface area contributed by atoms with Crippen LogP contribution in [-0.4, -0.2) is 0 Å². The van der Waals surface area contributed by atoms with E-state index in [0.717, 1.165) is 0 Å². The van der Waals surface area contributed by atoms with Crippen molar-refractivity contribution in [1.29, 1.82) is 0 Å². The smallest absolute Gasteiger partial charge is 0.0372 e. The van der Waals surface area contributed by atoms with Crippen LogP contribution in [0.3, 0.4) is 0 Å². The minimum atomic E-state index is -0.234. The number of hydrogen-bond donors (Lipinski definition) is 0. The molecule has 0 fully saturated rings. The van der Waals surface area contributed by atoms with Crippen molar-refractivity contribution in [2.45, 2.75) is 18.3 Å². The van der Waals surface area contributed by atoms with Gasteiger partial charge in [-0.3, -0.25) is 0 Å². The average Bonchev–Trinajstić information content (AvgIpc) is 2.51. The van der Waals surface area contributed by atoms with Crippen molar-refractivity contribution in [3.63, 3.8) is 0 Å². The average molecular weight is 248 g/mol. The highest BCUT2D eigenvalue weighted by atomic mass is 14.3. The lowest BCUT2D eigenvalue weighted by Gasteiger charge is -2.34. The van der Waals surface area contributed by atoms with Gasteiger partial charge in [-0.15, -0.1) is 13.2 Å². The fourth-order valence-corrected chi connectivity index (χ4v) is 2.67. The molecular weight excluding hydrogens is 228 g/mol. The molecule has 0 radical (unpaired) electrons. The van der Waals surface area contributed by atoms with Crippen LogP contribution in [0.5, 0.6) is 0 Å². The Morgan fingerprint density at radius 1 is 0.842 bits per heavy atom. The highest BCUT2D eigenvalue weighted by Crippen LogP contribution is 2.40. The molecular formula is C19H20. The summed E-state index contributed by atoms with van der Waals surface area (Å²) in [6.07, 6.45) is 4.01. The second-order valence-corrected chi connectivity index (χ2v) is 4.84. The van der Waals surface area contributed by atoms with Crippen molar-refractivity contribution in [3.8, 4) is 0 Å². The van der Waals surface area contributed by atoms with Crippen LogP contribution in [0.1, 0.15) is 24.0 Å². The molecule has 96 valence electrons. The molecule has 0 aliphatic heterocycles. The second-order valence-electron chi connectivity index (χ2n) is 4.84. The Labute approximate surface area is 116 Å². The Bertz CT molecular complexity index is 529. The zero-order valence-corrected chi connectivity index (χ0v) is 11.4. The molecule has 0 heteroatoms. The van der Waals surface area contributed by atoms with Gasteiger partial charge in [-0.2, -0.15) is 0 Å². The second kappa shape index (κ2) is 5.71. The van der Waals surface area contributed by atoms with Crippen LogP contribution in [0, 0.1) is 0 Å². The van der Waals surface area contributed by atoms with Gasteiger partial charge >= 0.3 is 0 Å². The summed E-state index contributed by atoms with van der Waals surface area (Å²) in [5.74, 6) is 0.297. The van der Waals surface area contributed by atoms with Crippen LogP contribution < -0.4 is 0 Å². The van der Waals surface area contributed by atoms with E-state index >= 15 is 0 Å². The Balaban J connectivity index is 2.52. The molecule has 0 saturated heterocycles. The van der Waals surface area contributed by atoms with Crippen LogP contribution in [0.15, 0.2) is 86.0 Å². The molecule has 2 aromatic carbocycles. The molecule has 2 aromatic rings. The number of benzene rings is 2. The first-order valence-electron chi connectivity index (χ1n) is 6.62. The standard InChI is InChI=1S/C19H20/c1-4-19(5-2,18-14-10-7-11-15-18)16(3)17-12-8-6-9-13-17/h4-16H,1-2H2,3H3. The predicted molar refractivity (Wildman–Crippen MR) is 83.4 cm³/mol. The molecule has 0 heterocycles. The molecule has 1 unspecified atom stereocenters. The summed E-state index contributed by atoms with van der Waals surface area (Å²) >= 11 is 0. The SMILES string of the molecule is C=CC(C=C)(c1ccccc1)C(C)c1ccccc1. The van der Waals surface area contributed by atoms with Crippen molar-refractivity contribution < 1.29 is 0 Å². The summed E-state index contributed by atoms with van der Waals surface area (Å²) in [5, 5.41) is 0. The van der Waals surface area contributed by atoms with Gasteiger partial charge in [0.25, 0.3) is 0 Å². The van der Waals surface area contributed by atoms with Crippen molar-refractivity contribution in [2.24, 2.45) is 0 Å². The van der Waals surface area contributed by atoms with Gasteiger partial charge in [0.05, 0.1) is 0 Å². The molecule has 2 rings (SSSR count). The van der Waals surface area contributed by atoms with E-state index in [-0.39, 0.29) is 5.41 Å². The summed E-state index contributed by atoms with van der Waals surface area (Å²) in [6.45, 7) is 10.3. The van der Waals surface area contributed by atoms with Crippen LogP contribution in [-0.2, 0) is 5.41 Å². The van der Waals surface area contributed by atoms with Gasteiger partial charge in [-0.25, -0.2) is 0 Å². The molecule has 0 bridgehead atoms. The lowest BCUT2D eigenvalue weighted by molar-refractivity contribution is 0.550. The third kappa shape index (κ3) is 2.39. The van der Waals surface area contributed by atoms with Gasteiger partial charge in [0.1, 0.15) is 0 Å². The van der Waals surface area contributed by atoms with E-state index in [1.54, 1.807) is 0 Å². The van der Waals surface area contributed by atoms with Gasteiger partial charge in [-0.1, -0.05) is 79.7 Å². The fourth-order valence-electron chi connectivity index (χ4n) is 2.67. The highest BCUT2D eigenvalue weighted by Gasteiger charge is 2.32. The molecule has 19 heavy (non-hydrogen) atoms. The number of rotatable bonds is 5. The first kappa shape index (κ1) is 13.4. The zero-order valence-electron chi connectivity index (χ0n) is 11.4. The van der Waals surface area contributed by atoms with E-state index in [2.05, 4.69) is 68.6 Å². The minimum Gasteiger partial charge on any atom is -0.102 e. The van der Waals surface area contributed by atoms with E-state index in [1.807, 2.05) is 24.3 Å². The molecule has 0 aliphatic carbocycles. The van der Waals surface area contributed by atoms with E-state index in [1.165, 1.54) is 11.1 Å². The summed E-state index contributed by atoms with van der Waals surface area (Å²) in [6, 6.07) is 21.0. The maximum absolute atomic E-state index is 4.06. The maximum Gasteiger partial charge on any atom is 0.0372 e. The predicted octanol–water partition coefficient (Wildman–Crippen LogP) is 5.10. The fraction of sp³-hybridized carbons (Fsp3) is 0.158. The normalized spacial score (nSPS) is 12.7. The first-order chi connectivity index (χ1) is 9.24. The van der Waals surface area contributed by atoms with E-state index in [4.69, 9.17) is 0 Å². The third-order valence-corrected chi connectivity index (χ3v) is 3.97.